The minimum Gasteiger partial charge on any atom is -0.379 e. The number of aliphatic imine (C=N–C) groups is 1. The van der Waals surface area contributed by atoms with Crippen LogP contribution in [-0.2, 0) is 4.74 Å². The van der Waals surface area contributed by atoms with E-state index in [1.807, 2.05) is 7.05 Å². The van der Waals surface area contributed by atoms with Crippen molar-refractivity contribution in [3.05, 3.63) is 0 Å². The third-order valence-electron chi connectivity index (χ3n) is 6.92. The van der Waals surface area contributed by atoms with Gasteiger partial charge in [-0.05, 0) is 58.2 Å². The number of hydrogen-bond donors (Lipinski definition) is 2. The molecule has 2 saturated heterocycles. The van der Waals surface area contributed by atoms with Gasteiger partial charge in [0.25, 0.3) is 0 Å². The lowest BCUT2D eigenvalue weighted by atomic mass is 9.79. The van der Waals surface area contributed by atoms with E-state index in [4.69, 9.17) is 4.74 Å². The maximum Gasteiger partial charge on any atom is 0.191 e. The van der Waals surface area contributed by atoms with Gasteiger partial charge in [0.1, 0.15) is 0 Å². The molecule has 2 heterocycles. The summed E-state index contributed by atoms with van der Waals surface area (Å²) in [5.74, 6) is 0.980. The van der Waals surface area contributed by atoms with Gasteiger partial charge in [-0.15, -0.1) is 24.0 Å². The van der Waals surface area contributed by atoms with Crippen LogP contribution < -0.4 is 10.6 Å². The largest absolute Gasteiger partial charge is 0.379 e. The van der Waals surface area contributed by atoms with Crippen LogP contribution in [0, 0.1) is 0 Å². The van der Waals surface area contributed by atoms with E-state index >= 15 is 0 Å². The van der Waals surface area contributed by atoms with Crippen molar-refractivity contribution in [2.75, 3.05) is 66.1 Å². The average molecular weight is 522 g/mol. The third-order valence-corrected chi connectivity index (χ3v) is 6.92. The predicted octanol–water partition coefficient (Wildman–Crippen LogP) is 3.07. The summed E-state index contributed by atoms with van der Waals surface area (Å²) in [6.45, 7) is 9.78. The molecule has 0 amide bonds. The fourth-order valence-electron chi connectivity index (χ4n) is 5.14. The van der Waals surface area contributed by atoms with Crippen molar-refractivity contribution < 1.29 is 4.74 Å². The average Bonchev–Trinajstić information content (AvgIpc) is 2.77. The number of rotatable bonds is 8. The number of nitrogens with one attached hydrogen (secondary N) is 2. The van der Waals surface area contributed by atoms with Crippen molar-refractivity contribution in [3.8, 4) is 0 Å². The molecule has 6 nitrogen and oxygen atoms in total. The molecule has 0 aromatic carbocycles. The van der Waals surface area contributed by atoms with Crippen molar-refractivity contribution in [3.63, 3.8) is 0 Å². The van der Waals surface area contributed by atoms with Gasteiger partial charge in [-0.2, -0.15) is 0 Å². The third kappa shape index (κ3) is 8.15. The molecule has 0 spiro atoms. The summed E-state index contributed by atoms with van der Waals surface area (Å²) >= 11 is 0. The van der Waals surface area contributed by atoms with Crippen molar-refractivity contribution >= 4 is 29.9 Å². The van der Waals surface area contributed by atoms with Crippen molar-refractivity contribution in [1.82, 2.24) is 20.4 Å². The smallest absolute Gasteiger partial charge is 0.191 e. The lowest BCUT2D eigenvalue weighted by molar-refractivity contribution is 0.0366. The van der Waals surface area contributed by atoms with Gasteiger partial charge < -0.3 is 15.4 Å². The Labute approximate surface area is 195 Å². The number of guanidine groups is 1. The molecule has 3 aliphatic rings. The Hall–Kier alpha value is -0.120. The number of halogens is 1. The maximum absolute atomic E-state index is 5.42. The van der Waals surface area contributed by atoms with Crippen LogP contribution >= 0.6 is 24.0 Å². The molecule has 7 heteroatoms. The van der Waals surface area contributed by atoms with E-state index in [0.29, 0.717) is 5.54 Å². The predicted molar refractivity (Wildman–Crippen MR) is 133 cm³/mol. The summed E-state index contributed by atoms with van der Waals surface area (Å²) in [7, 11) is 1.90. The molecule has 0 aromatic rings. The topological polar surface area (TPSA) is 52.1 Å². The molecular weight excluding hydrogens is 477 g/mol. The van der Waals surface area contributed by atoms with E-state index in [2.05, 4.69) is 25.4 Å². The van der Waals surface area contributed by atoms with Gasteiger partial charge in [0.2, 0.25) is 0 Å². The van der Waals surface area contributed by atoms with E-state index in [1.165, 1.54) is 83.8 Å². The molecule has 170 valence electrons. The lowest BCUT2D eigenvalue weighted by Crippen LogP contribution is -2.59. The van der Waals surface area contributed by atoms with Crippen LogP contribution in [0.15, 0.2) is 4.99 Å². The minimum absolute atomic E-state index is 0. The van der Waals surface area contributed by atoms with E-state index in [-0.39, 0.29) is 24.0 Å². The first-order chi connectivity index (χ1) is 13.8. The molecule has 0 atom stereocenters. The number of likely N-dealkylation sites (tertiary alicyclic amines) is 1. The summed E-state index contributed by atoms with van der Waals surface area (Å²) in [5, 5.41) is 7.23. The monoisotopic (exact) mass is 521 g/mol. The Bertz CT molecular complexity index is 458. The number of hydrogen-bond acceptors (Lipinski definition) is 4. The highest BCUT2D eigenvalue weighted by Crippen LogP contribution is 2.35. The highest BCUT2D eigenvalue weighted by atomic mass is 127. The number of ether oxygens (including phenoxy) is 1. The van der Waals surface area contributed by atoms with Crippen LogP contribution in [0.25, 0.3) is 0 Å². The highest BCUT2D eigenvalue weighted by molar-refractivity contribution is 14.0. The first-order valence-corrected chi connectivity index (χ1v) is 11.8. The van der Waals surface area contributed by atoms with Gasteiger partial charge in [0.15, 0.2) is 5.96 Å². The van der Waals surface area contributed by atoms with Crippen molar-refractivity contribution in [2.24, 2.45) is 4.99 Å². The van der Waals surface area contributed by atoms with Gasteiger partial charge in [-0.3, -0.25) is 14.8 Å². The summed E-state index contributed by atoms with van der Waals surface area (Å²) in [4.78, 5) is 9.80. The van der Waals surface area contributed by atoms with Gasteiger partial charge in [0, 0.05) is 38.8 Å². The van der Waals surface area contributed by atoms with E-state index < -0.39 is 0 Å². The molecule has 0 unspecified atom stereocenters. The molecule has 2 N–H and O–H groups in total. The first-order valence-electron chi connectivity index (χ1n) is 11.8. The first kappa shape index (κ1) is 25.1. The van der Waals surface area contributed by atoms with Gasteiger partial charge in [0.05, 0.1) is 13.2 Å². The molecule has 29 heavy (non-hydrogen) atoms. The fraction of sp³-hybridized carbons (Fsp3) is 0.955. The number of piperidine rings is 1. The van der Waals surface area contributed by atoms with Crippen LogP contribution in [0.1, 0.15) is 64.2 Å². The lowest BCUT2D eigenvalue weighted by Gasteiger charge is -2.48. The van der Waals surface area contributed by atoms with Crippen molar-refractivity contribution in [2.45, 2.75) is 69.7 Å². The maximum atomic E-state index is 5.42. The Morgan fingerprint density at radius 3 is 2.28 bits per heavy atom. The van der Waals surface area contributed by atoms with Gasteiger partial charge >= 0.3 is 0 Å². The molecule has 1 saturated carbocycles. The quantitative estimate of drug-likeness (QED) is 0.223. The normalized spacial score (nSPS) is 24.0. The van der Waals surface area contributed by atoms with E-state index in [9.17, 15) is 0 Å². The van der Waals surface area contributed by atoms with Gasteiger partial charge in [-0.25, -0.2) is 0 Å². The van der Waals surface area contributed by atoms with Gasteiger partial charge in [-0.1, -0.05) is 25.7 Å². The Kier molecular flexibility index (Phi) is 12.2. The fourth-order valence-corrected chi connectivity index (χ4v) is 5.14. The van der Waals surface area contributed by atoms with E-state index in [0.717, 1.165) is 45.4 Å². The molecular formula is C22H44IN5O. The van der Waals surface area contributed by atoms with E-state index in [1.54, 1.807) is 0 Å². The second kappa shape index (κ2) is 14.0. The van der Waals surface area contributed by atoms with Crippen LogP contribution in [0.4, 0.5) is 0 Å². The molecule has 2 aliphatic heterocycles. The highest BCUT2D eigenvalue weighted by Gasteiger charge is 2.38. The summed E-state index contributed by atoms with van der Waals surface area (Å²) in [5.41, 5.74) is 0.354. The number of nitrogens with zero attached hydrogens (tertiary/aromatic N) is 3. The summed E-state index contributed by atoms with van der Waals surface area (Å²) in [6.07, 6.45) is 13.4. The van der Waals surface area contributed by atoms with Crippen LogP contribution in [0.2, 0.25) is 0 Å². The minimum atomic E-state index is 0. The summed E-state index contributed by atoms with van der Waals surface area (Å²) in [6, 6.07) is 0. The molecule has 3 fully saturated rings. The number of unbranched alkanes of at least 4 members (excludes halogenated alkanes) is 1. The van der Waals surface area contributed by atoms with Crippen LogP contribution in [0.3, 0.4) is 0 Å². The zero-order valence-electron chi connectivity index (χ0n) is 18.6. The summed E-state index contributed by atoms with van der Waals surface area (Å²) < 4.78 is 5.42. The Morgan fingerprint density at radius 1 is 0.897 bits per heavy atom. The zero-order valence-corrected chi connectivity index (χ0v) is 20.9. The van der Waals surface area contributed by atoms with Crippen molar-refractivity contribution in [1.29, 1.82) is 0 Å². The second-order valence-electron chi connectivity index (χ2n) is 8.85. The zero-order chi connectivity index (χ0) is 19.5. The Balaban J connectivity index is 0.00000300. The molecule has 0 bridgehead atoms. The molecule has 0 aromatic heterocycles. The molecule has 3 rings (SSSR count). The van der Waals surface area contributed by atoms with Crippen LogP contribution in [0.5, 0.6) is 0 Å². The standard InChI is InChI=1S/C22H43N5O.HI/c1-23-21(24-12-6-9-13-26-16-18-28-19-17-26)25-20-22(10-4-2-5-11-22)27-14-7-3-8-15-27;/h2-20H2,1H3,(H2,23,24,25);1H. The second-order valence-corrected chi connectivity index (χ2v) is 8.85. The van der Waals surface area contributed by atoms with Crippen LogP contribution in [-0.4, -0.2) is 87.4 Å². The number of morpholine rings is 1. The SMILES string of the molecule is CN=C(NCCCCN1CCOCC1)NCC1(N2CCCCC2)CCCCC1.I. The molecule has 0 radical (unpaired) electrons. The Morgan fingerprint density at radius 2 is 1.59 bits per heavy atom. The molecule has 1 aliphatic carbocycles.